The molecular formula is C7H6N4O2. The SMILES string of the molecule is O=COCc1ncc2[nH]cnc2n1. The van der Waals surface area contributed by atoms with Gasteiger partial charge >= 0.3 is 0 Å². The van der Waals surface area contributed by atoms with Crippen LogP contribution in [0.3, 0.4) is 0 Å². The molecule has 0 spiro atoms. The van der Waals surface area contributed by atoms with E-state index in [2.05, 4.69) is 24.7 Å². The van der Waals surface area contributed by atoms with Gasteiger partial charge in [-0.1, -0.05) is 0 Å². The average molecular weight is 178 g/mol. The van der Waals surface area contributed by atoms with Crippen molar-refractivity contribution < 1.29 is 9.53 Å². The average Bonchev–Trinajstić information content (AvgIpc) is 2.61. The van der Waals surface area contributed by atoms with E-state index in [4.69, 9.17) is 0 Å². The molecule has 13 heavy (non-hydrogen) atoms. The van der Waals surface area contributed by atoms with Crippen LogP contribution in [0.25, 0.3) is 11.2 Å². The maximum Gasteiger partial charge on any atom is 0.293 e. The molecular weight excluding hydrogens is 172 g/mol. The van der Waals surface area contributed by atoms with Crippen LogP contribution in [0.1, 0.15) is 5.82 Å². The first kappa shape index (κ1) is 7.66. The summed E-state index contributed by atoms with van der Waals surface area (Å²) in [4.78, 5) is 24.7. The second-order valence-electron chi connectivity index (χ2n) is 2.33. The van der Waals surface area contributed by atoms with Gasteiger partial charge in [0.2, 0.25) is 0 Å². The van der Waals surface area contributed by atoms with Gasteiger partial charge in [-0.2, -0.15) is 0 Å². The molecule has 6 heteroatoms. The Morgan fingerprint density at radius 3 is 3.31 bits per heavy atom. The molecule has 0 amide bonds. The smallest absolute Gasteiger partial charge is 0.293 e. The lowest BCUT2D eigenvalue weighted by Crippen LogP contribution is -1.97. The quantitative estimate of drug-likeness (QED) is 0.670. The molecule has 66 valence electrons. The van der Waals surface area contributed by atoms with Crippen LogP contribution in [-0.2, 0) is 16.1 Å². The van der Waals surface area contributed by atoms with Crippen molar-refractivity contribution in [1.29, 1.82) is 0 Å². The highest BCUT2D eigenvalue weighted by Crippen LogP contribution is 2.03. The lowest BCUT2D eigenvalue weighted by molar-refractivity contribution is -0.130. The van der Waals surface area contributed by atoms with Crippen molar-refractivity contribution in [3.05, 3.63) is 18.3 Å². The Hall–Kier alpha value is -1.98. The van der Waals surface area contributed by atoms with E-state index in [0.29, 0.717) is 17.9 Å². The number of H-pyrrole nitrogens is 1. The number of hydrogen-bond donors (Lipinski definition) is 1. The minimum absolute atomic E-state index is 0.0757. The Balaban J connectivity index is 2.31. The molecule has 1 N–H and O–H groups in total. The van der Waals surface area contributed by atoms with Crippen LogP contribution in [0, 0.1) is 0 Å². The van der Waals surface area contributed by atoms with E-state index in [9.17, 15) is 4.79 Å². The third kappa shape index (κ3) is 1.46. The fourth-order valence-corrected chi connectivity index (χ4v) is 0.949. The van der Waals surface area contributed by atoms with Gasteiger partial charge in [-0.25, -0.2) is 15.0 Å². The van der Waals surface area contributed by atoms with E-state index in [1.807, 2.05) is 0 Å². The van der Waals surface area contributed by atoms with Crippen LogP contribution in [-0.4, -0.2) is 26.4 Å². The molecule has 0 fully saturated rings. The fourth-order valence-electron chi connectivity index (χ4n) is 0.949. The first-order chi connectivity index (χ1) is 6.40. The first-order valence-corrected chi connectivity index (χ1v) is 3.60. The second kappa shape index (κ2) is 3.18. The molecule has 0 bridgehead atoms. The van der Waals surface area contributed by atoms with Crippen LogP contribution in [0.5, 0.6) is 0 Å². The van der Waals surface area contributed by atoms with Gasteiger partial charge in [0.1, 0.15) is 5.52 Å². The minimum atomic E-state index is 0.0757. The predicted octanol–water partition coefficient (Wildman–Crippen LogP) is 0.0259. The molecule has 2 heterocycles. The lowest BCUT2D eigenvalue weighted by Gasteiger charge is -1.95. The van der Waals surface area contributed by atoms with Crippen molar-refractivity contribution >= 4 is 17.6 Å². The van der Waals surface area contributed by atoms with E-state index in [0.717, 1.165) is 5.52 Å². The zero-order valence-electron chi connectivity index (χ0n) is 6.60. The number of aromatic amines is 1. The van der Waals surface area contributed by atoms with Gasteiger partial charge in [-0.15, -0.1) is 0 Å². The molecule has 0 saturated heterocycles. The molecule has 6 nitrogen and oxygen atoms in total. The van der Waals surface area contributed by atoms with Gasteiger partial charge < -0.3 is 9.72 Å². The maximum absolute atomic E-state index is 9.89. The first-order valence-electron chi connectivity index (χ1n) is 3.60. The molecule has 2 rings (SSSR count). The van der Waals surface area contributed by atoms with Crippen molar-refractivity contribution in [3.8, 4) is 0 Å². The number of aromatic nitrogens is 4. The van der Waals surface area contributed by atoms with E-state index in [-0.39, 0.29) is 6.61 Å². The molecule has 0 unspecified atom stereocenters. The van der Waals surface area contributed by atoms with Crippen LogP contribution in [0.15, 0.2) is 12.5 Å². The molecule has 0 aliphatic rings. The van der Waals surface area contributed by atoms with Crippen LogP contribution in [0.2, 0.25) is 0 Å². The van der Waals surface area contributed by atoms with Gasteiger partial charge in [-0.3, -0.25) is 4.79 Å². The largest absolute Gasteiger partial charge is 0.460 e. The Morgan fingerprint density at radius 2 is 2.46 bits per heavy atom. The van der Waals surface area contributed by atoms with Gasteiger partial charge in [-0.05, 0) is 0 Å². The zero-order valence-corrected chi connectivity index (χ0v) is 6.60. The van der Waals surface area contributed by atoms with E-state index < -0.39 is 0 Å². The molecule has 0 aliphatic heterocycles. The fraction of sp³-hybridized carbons (Fsp3) is 0.143. The summed E-state index contributed by atoms with van der Waals surface area (Å²) in [6.45, 7) is 0.435. The summed E-state index contributed by atoms with van der Waals surface area (Å²) in [6.07, 6.45) is 3.13. The van der Waals surface area contributed by atoms with Crippen molar-refractivity contribution in [3.63, 3.8) is 0 Å². The summed E-state index contributed by atoms with van der Waals surface area (Å²) >= 11 is 0. The normalized spacial score (nSPS) is 10.2. The van der Waals surface area contributed by atoms with Crippen molar-refractivity contribution in [2.75, 3.05) is 0 Å². The van der Waals surface area contributed by atoms with Crippen molar-refractivity contribution in [2.45, 2.75) is 6.61 Å². The van der Waals surface area contributed by atoms with E-state index in [1.54, 1.807) is 6.20 Å². The molecule has 0 saturated carbocycles. The molecule has 0 radical (unpaired) electrons. The summed E-state index contributed by atoms with van der Waals surface area (Å²) in [5.41, 5.74) is 1.33. The number of carbonyl (C=O) groups is 1. The Kier molecular flexibility index (Phi) is 1.87. The van der Waals surface area contributed by atoms with Crippen LogP contribution in [0.4, 0.5) is 0 Å². The molecule has 2 aromatic rings. The van der Waals surface area contributed by atoms with Crippen LogP contribution < -0.4 is 0 Å². The molecule has 0 atom stereocenters. The van der Waals surface area contributed by atoms with Gasteiger partial charge in [0.15, 0.2) is 18.1 Å². The van der Waals surface area contributed by atoms with E-state index in [1.165, 1.54) is 6.33 Å². The summed E-state index contributed by atoms with van der Waals surface area (Å²) in [6, 6.07) is 0. The number of imidazole rings is 1. The van der Waals surface area contributed by atoms with Gasteiger partial charge in [0.25, 0.3) is 6.47 Å². The summed E-state index contributed by atoms with van der Waals surface area (Å²) < 4.78 is 4.50. The number of nitrogens with zero attached hydrogens (tertiary/aromatic N) is 3. The number of carbonyl (C=O) groups excluding carboxylic acids is 1. The van der Waals surface area contributed by atoms with Gasteiger partial charge in [0.05, 0.1) is 12.5 Å². The summed E-state index contributed by atoms with van der Waals surface area (Å²) in [5, 5.41) is 0. The number of fused-ring (bicyclic) bond motifs is 1. The second-order valence-corrected chi connectivity index (χ2v) is 2.33. The topological polar surface area (TPSA) is 80.8 Å². The number of hydrogen-bond acceptors (Lipinski definition) is 5. The highest BCUT2D eigenvalue weighted by atomic mass is 16.5. The number of ether oxygens (including phenoxy) is 1. The summed E-state index contributed by atoms with van der Waals surface area (Å²) in [5.74, 6) is 0.437. The third-order valence-corrected chi connectivity index (χ3v) is 1.51. The van der Waals surface area contributed by atoms with E-state index >= 15 is 0 Å². The zero-order chi connectivity index (χ0) is 9.10. The monoisotopic (exact) mass is 178 g/mol. The van der Waals surface area contributed by atoms with Crippen molar-refractivity contribution in [1.82, 2.24) is 19.9 Å². The third-order valence-electron chi connectivity index (χ3n) is 1.51. The number of nitrogens with one attached hydrogen (secondary N) is 1. The van der Waals surface area contributed by atoms with Crippen molar-refractivity contribution in [2.24, 2.45) is 0 Å². The maximum atomic E-state index is 9.89. The molecule has 2 aromatic heterocycles. The lowest BCUT2D eigenvalue weighted by atomic mass is 10.5. The summed E-state index contributed by atoms with van der Waals surface area (Å²) in [7, 11) is 0. The number of rotatable bonds is 3. The Labute approximate surface area is 73.0 Å². The molecule has 0 aromatic carbocycles. The van der Waals surface area contributed by atoms with Gasteiger partial charge in [0, 0.05) is 0 Å². The predicted molar refractivity (Wildman–Crippen MR) is 42.5 cm³/mol. The highest BCUT2D eigenvalue weighted by Gasteiger charge is 2.00. The highest BCUT2D eigenvalue weighted by molar-refractivity contribution is 5.67. The minimum Gasteiger partial charge on any atom is -0.460 e. The Bertz CT molecular complexity index is 425. The standard InChI is InChI=1S/C7H6N4O2/c12-4-13-2-6-8-1-5-7(11-6)10-3-9-5/h1,3-4H,2H2,(H,8,9,10,11). The Morgan fingerprint density at radius 1 is 1.54 bits per heavy atom. The molecule has 0 aliphatic carbocycles. The van der Waals surface area contributed by atoms with Crippen LogP contribution >= 0.6 is 0 Å².